The molecule has 3 heterocycles. The molecule has 4 rings (SSSR count). The molecule has 1 amide bonds. The monoisotopic (exact) mass is 337 g/mol. The van der Waals surface area contributed by atoms with Crippen LogP contribution in [0.1, 0.15) is 10.4 Å². The SMILES string of the molecule is O=C(Nc1ccc(Oc2ncnc3[nH]ncc23)cc1)c1ccsc1. The maximum Gasteiger partial charge on any atom is 0.256 e. The fourth-order valence-electron chi connectivity index (χ4n) is 2.14. The Kier molecular flexibility index (Phi) is 3.64. The van der Waals surface area contributed by atoms with Crippen molar-refractivity contribution < 1.29 is 9.53 Å². The van der Waals surface area contributed by atoms with Gasteiger partial charge >= 0.3 is 0 Å². The molecule has 24 heavy (non-hydrogen) atoms. The first-order valence-electron chi connectivity index (χ1n) is 7.05. The molecule has 0 aliphatic heterocycles. The Morgan fingerprint density at radius 2 is 2.04 bits per heavy atom. The van der Waals surface area contributed by atoms with Gasteiger partial charge in [-0.25, -0.2) is 9.97 Å². The normalized spacial score (nSPS) is 10.7. The summed E-state index contributed by atoms with van der Waals surface area (Å²) in [5, 5.41) is 13.9. The van der Waals surface area contributed by atoms with Crippen molar-refractivity contribution in [2.24, 2.45) is 0 Å². The number of amides is 1. The molecular formula is C16H11N5O2S. The van der Waals surface area contributed by atoms with Crippen molar-refractivity contribution in [2.75, 3.05) is 5.32 Å². The fraction of sp³-hybridized carbons (Fsp3) is 0. The van der Waals surface area contributed by atoms with Crippen molar-refractivity contribution in [3.05, 3.63) is 59.2 Å². The molecule has 8 heteroatoms. The van der Waals surface area contributed by atoms with Gasteiger partial charge < -0.3 is 10.1 Å². The number of nitrogens with one attached hydrogen (secondary N) is 2. The third-order valence-electron chi connectivity index (χ3n) is 3.32. The molecular weight excluding hydrogens is 326 g/mol. The minimum atomic E-state index is -0.138. The molecule has 118 valence electrons. The van der Waals surface area contributed by atoms with Gasteiger partial charge in [-0.05, 0) is 35.7 Å². The number of fused-ring (bicyclic) bond motifs is 1. The van der Waals surface area contributed by atoms with Crippen LogP contribution in [0.2, 0.25) is 0 Å². The molecule has 0 bridgehead atoms. The molecule has 0 spiro atoms. The first-order valence-corrected chi connectivity index (χ1v) is 7.99. The van der Waals surface area contributed by atoms with Crippen molar-refractivity contribution >= 4 is 34.0 Å². The number of benzene rings is 1. The first-order chi connectivity index (χ1) is 11.8. The molecule has 3 aromatic heterocycles. The molecule has 0 radical (unpaired) electrons. The van der Waals surface area contributed by atoms with Gasteiger partial charge in [-0.1, -0.05) is 0 Å². The highest BCUT2D eigenvalue weighted by Crippen LogP contribution is 2.26. The van der Waals surface area contributed by atoms with E-state index in [1.54, 1.807) is 41.9 Å². The van der Waals surface area contributed by atoms with Crippen LogP contribution in [-0.4, -0.2) is 26.1 Å². The number of aromatic nitrogens is 4. The Hall–Kier alpha value is -3.26. The van der Waals surface area contributed by atoms with Crippen molar-refractivity contribution in [2.45, 2.75) is 0 Å². The zero-order valence-electron chi connectivity index (χ0n) is 12.3. The molecule has 7 nitrogen and oxygen atoms in total. The van der Waals surface area contributed by atoms with Gasteiger partial charge in [0.1, 0.15) is 17.5 Å². The largest absolute Gasteiger partial charge is 0.438 e. The molecule has 0 atom stereocenters. The van der Waals surface area contributed by atoms with E-state index < -0.39 is 0 Å². The Morgan fingerprint density at radius 1 is 1.17 bits per heavy atom. The quantitative estimate of drug-likeness (QED) is 0.595. The fourth-order valence-corrected chi connectivity index (χ4v) is 2.77. The van der Waals surface area contributed by atoms with Crippen molar-refractivity contribution in [3.63, 3.8) is 0 Å². The summed E-state index contributed by atoms with van der Waals surface area (Å²) in [5.41, 5.74) is 1.94. The van der Waals surface area contributed by atoms with E-state index in [1.165, 1.54) is 17.7 Å². The topological polar surface area (TPSA) is 92.8 Å². The maximum absolute atomic E-state index is 12.0. The second-order valence-corrected chi connectivity index (χ2v) is 5.68. The summed E-state index contributed by atoms with van der Waals surface area (Å²) >= 11 is 1.48. The van der Waals surface area contributed by atoms with Crippen LogP contribution in [0.25, 0.3) is 11.0 Å². The molecule has 0 aliphatic carbocycles. The average molecular weight is 337 g/mol. The van der Waals surface area contributed by atoms with Gasteiger partial charge in [0.15, 0.2) is 5.65 Å². The Balaban J connectivity index is 1.50. The predicted octanol–water partition coefficient (Wildman–Crippen LogP) is 3.46. The number of H-pyrrole nitrogens is 1. The lowest BCUT2D eigenvalue weighted by molar-refractivity contribution is 0.102. The van der Waals surface area contributed by atoms with Gasteiger partial charge in [-0.3, -0.25) is 9.89 Å². The van der Waals surface area contributed by atoms with E-state index in [9.17, 15) is 4.79 Å². The van der Waals surface area contributed by atoms with Crippen LogP contribution in [0, 0.1) is 0 Å². The number of ether oxygens (including phenoxy) is 1. The standard InChI is InChI=1S/C16H11N5O2S/c22-15(10-5-6-24-8-10)20-11-1-3-12(4-2-11)23-16-13-7-19-21-14(13)17-9-18-16/h1-9H,(H,20,22)(H,17,18,19,21). The number of rotatable bonds is 4. The van der Waals surface area contributed by atoms with Crippen LogP contribution in [-0.2, 0) is 0 Å². The Bertz CT molecular complexity index is 979. The second-order valence-electron chi connectivity index (χ2n) is 4.90. The minimum absolute atomic E-state index is 0.138. The predicted molar refractivity (Wildman–Crippen MR) is 90.5 cm³/mol. The number of nitrogens with zero attached hydrogens (tertiary/aromatic N) is 3. The lowest BCUT2D eigenvalue weighted by Gasteiger charge is -2.07. The molecule has 4 aromatic rings. The molecule has 1 aromatic carbocycles. The van der Waals surface area contributed by atoms with E-state index in [0.29, 0.717) is 33.9 Å². The number of carbonyl (C=O) groups is 1. The Morgan fingerprint density at radius 3 is 2.83 bits per heavy atom. The smallest absolute Gasteiger partial charge is 0.256 e. The van der Waals surface area contributed by atoms with Gasteiger partial charge in [0.2, 0.25) is 5.88 Å². The van der Waals surface area contributed by atoms with E-state index in [4.69, 9.17) is 4.74 Å². The highest BCUT2D eigenvalue weighted by Gasteiger charge is 2.09. The van der Waals surface area contributed by atoms with Crippen LogP contribution in [0.3, 0.4) is 0 Å². The van der Waals surface area contributed by atoms with E-state index >= 15 is 0 Å². The lowest BCUT2D eigenvalue weighted by Crippen LogP contribution is -2.10. The third kappa shape index (κ3) is 2.82. The van der Waals surface area contributed by atoms with Gasteiger partial charge in [0.05, 0.1) is 11.8 Å². The van der Waals surface area contributed by atoms with Crippen LogP contribution >= 0.6 is 11.3 Å². The number of hydrogen-bond donors (Lipinski definition) is 2. The zero-order valence-corrected chi connectivity index (χ0v) is 13.1. The third-order valence-corrected chi connectivity index (χ3v) is 4.00. The van der Waals surface area contributed by atoms with Crippen LogP contribution in [0.4, 0.5) is 5.69 Å². The molecule has 0 aliphatic rings. The van der Waals surface area contributed by atoms with Crippen LogP contribution in [0.15, 0.2) is 53.6 Å². The average Bonchev–Trinajstić information content (AvgIpc) is 3.28. The van der Waals surface area contributed by atoms with Crippen LogP contribution in [0.5, 0.6) is 11.6 Å². The molecule has 0 unspecified atom stereocenters. The summed E-state index contributed by atoms with van der Waals surface area (Å²) < 4.78 is 5.76. The number of carbonyl (C=O) groups excluding carboxylic acids is 1. The van der Waals surface area contributed by atoms with E-state index in [1.807, 2.05) is 5.38 Å². The summed E-state index contributed by atoms with van der Waals surface area (Å²) in [4.78, 5) is 20.2. The molecule has 0 saturated heterocycles. The Labute approximate surface area is 140 Å². The molecule has 2 N–H and O–H groups in total. The van der Waals surface area contributed by atoms with Crippen LogP contribution < -0.4 is 10.1 Å². The highest BCUT2D eigenvalue weighted by atomic mass is 32.1. The summed E-state index contributed by atoms with van der Waals surface area (Å²) in [6.45, 7) is 0. The number of thiophene rings is 1. The van der Waals surface area contributed by atoms with Crippen molar-refractivity contribution in [1.29, 1.82) is 0 Å². The lowest BCUT2D eigenvalue weighted by atomic mass is 10.2. The van der Waals surface area contributed by atoms with Gasteiger partial charge in [0.25, 0.3) is 5.91 Å². The molecule has 0 saturated carbocycles. The van der Waals surface area contributed by atoms with Gasteiger partial charge in [-0.2, -0.15) is 16.4 Å². The molecule has 0 fully saturated rings. The zero-order chi connectivity index (χ0) is 16.4. The van der Waals surface area contributed by atoms with Crippen molar-refractivity contribution in [1.82, 2.24) is 20.2 Å². The van der Waals surface area contributed by atoms with E-state index in [-0.39, 0.29) is 5.91 Å². The number of hydrogen-bond acceptors (Lipinski definition) is 6. The summed E-state index contributed by atoms with van der Waals surface area (Å²) in [5.74, 6) is 0.884. The highest BCUT2D eigenvalue weighted by molar-refractivity contribution is 7.08. The number of aromatic amines is 1. The van der Waals surface area contributed by atoms with E-state index in [2.05, 4.69) is 25.5 Å². The first kappa shape index (κ1) is 14.3. The van der Waals surface area contributed by atoms with Crippen molar-refractivity contribution in [3.8, 4) is 11.6 Å². The second kappa shape index (κ2) is 6.09. The van der Waals surface area contributed by atoms with Gasteiger partial charge in [0, 0.05) is 11.1 Å². The number of anilines is 1. The van der Waals surface area contributed by atoms with E-state index in [0.717, 1.165) is 0 Å². The maximum atomic E-state index is 12.0. The summed E-state index contributed by atoms with van der Waals surface area (Å²) in [6, 6.07) is 8.85. The van der Waals surface area contributed by atoms with Gasteiger partial charge in [-0.15, -0.1) is 0 Å². The summed E-state index contributed by atoms with van der Waals surface area (Å²) in [7, 11) is 0. The minimum Gasteiger partial charge on any atom is -0.438 e. The summed E-state index contributed by atoms with van der Waals surface area (Å²) in [6.07, 6.45) is 3.02.